The van der Waals surface area contributed by atoms with Crippen molar-refractivity contribution in [1.82, 2.24) is 19.9 Å². The topological polar surface area (TPSA) is 94.1 Å². The van der Waals surface area contributed by atoms with E-state index in [1.165, 1.54) is 22.2 Å². The zero-order valence-corrected chi connectivity index (χ0v) is 16.0. The summed E-state index contributed by atoms with van der Waals surface area (Å²) in [6.45, 7) is 0.860. The fourth-order valence-electron chi connectivity index (χ4n) is 2.75. The monoisotopic (exact) mass is 429 g/mol. The molecular weight excluding hydrogens is 421 g/mol. The predicted molar refractivity (Wildman–Crippen MR) is 100 cm³/mol. The summed E-state index contributed by atoms with van der Waals surface area (Å²) in [7, 11) is 0. The molecule has 1 aromatic carbocycles. The normalized spacial score (nSPS) is 14.7. The van der Waals surface area contributed by atoms with Gasteiger partial charge in [-0.15, -0.1) is 16.4 Å². The summed E-state index contributed by atoms with van der Waals surface area (Å²) in [5.41, 5.74) is 5.25. The van der Waals surface area contributed by atoms with E-state index in [-0.39, 0.29) is 17.6 Å². The Morgan fingerprint density at radius 2 is 1.96 bits per heavy atom. The number of likely N-dealkylation sites (tertiary alicyclic amines) is 1. The molecule has 134 valence electrons. The van der Waals surface area contributed by atoms with Crippen LogP contribution in [0.2, 0.25) is 15.1 Å². The number of rotatable bonds is 3. The molecule has 0 spiro atoms. The third-order valence-corrected chi connectivity index (χ3v) is 6.26. The third-order valence-electron chi connectivity index (χ3n) is 4.13. The molecule has 1 aliphatic heterocycles. The van der Waals surface area contributed by atoms with Gasteiger partial charge in [0.25, 0.3) is 11.8 Å². The van der Waals surface area contributed by atoms with Gasteiger partial charge in [-0.3, -0.25) is 9.59 Å². The van der Waals surface area contributed by atoms with Gasteiger partial charge < -0.3 is 10.6 Å². The lowest BCUT2D eigenvalue weighted by Gasteiger charge is -2.38. The van der Waals surface area contributed by atoms with Crippen LogP contribution in [0.25, 0.3) is 10.1 Å². The van der Waals surface area contributed by atoms with E-state index < -0.39 is 5.91 Å². The number of carbonyl (C=O) groups excluding carboxylic acids is 2. The number of nitrogens with zero attached hydrogens (tertiary/aromatic N) is 4. The Hall–Kier alpha value is -1.87. The highest BCUT2D eigenvalue weighted by atomic mass is 35.5. The molecule has 0 saturated carbocycles. The second-order valence-corrected chi connectivity index (χ2v) is 8.09. The van der Waals surface area contributed by atoms with Crippen molar-refractivity contribution < 1.29 is 9.59 Å². The maximum Gasteiger partial charge on any atom is 0.270 e. The molecular formula is C15H10Cl3N5O2S. The Labute approximate surface area is 166 Å². The second kappa shape index (κ2) is 6.38. The number of benzene rings is 1. The summed E-state index contributed by atoms with van der Waals surface area (Å²) in [6, 6.07) is 3.26. The Bertz CT molecular complexity index is 1060. The van der Waals surface area contributed by atoms with Gasteiger partial charge >= 0.3 is 0 Å². The summed E-state index contributed by atoms with van der Waals surface area (Å²) in [4.78, 5) is 25.9. The van der Waals surface area contributed by atoms with E-state index >= 15 is 0 Å². The number of hydrogen-bond donors (Lipinski definition) is 1. The van der Waals surface area contributed by atoms with Crippen molar-refractivity contribution in [1.29, 1.82) is 0 Å². The molecule has 4 rings (SSSR count). The van der Waals surface area contributed by atoms with Gasteiger partial charge in [-0.05, 0) is 12.1 Å². The lowest BCUT2D eigenvalue weighted by molar-refractivity contribution is 0.0503. The minimum atomic E-state index is -0.642. The molecule has 1 fully saturated rings. The van der Waals surface area contributed by atoms with E-state index in [0.29, 0.717) is 38.4 Å². The Balaban J connectivity index is 1.54. The van der Waals surface area contributed by atoms with Gasteiger partial charge in [0.05, 0.1) is 22.3 Å². The first-order valence-electron chi connectivity index (χ1n) is 7.43. The maximum absolute atomic E-state index is 12.8. The van der Waals surface area contributed by atoms with E-state index in [2.05, 4.69) is 10.3 Å². The van der Waals surface area contributed by atoms with Crippen molar-refractivity contribution in [3.05, 3.63) is 44.0 Å². The summed E-state index contributed by atoms with van der Waals surface area (Å²) in [5, 5.41) is 9.43. The summed E-state index contributed by atoms with van der Waals surface area (Å²) in [5.74, 6) is -0.828. The quantitative estimate of drug-likeness (QED) is 0.690. The van der Waals surface area contributed by atoms with Crippen molar-refractivity contribution in [3.8, 4) is 0 Å². The summed E-state index contributed by atoms with van der Waals surface area (Å²) < 4.78 is 2.29. The fraction of sp³-hybridized carbons (Fsp3) is 0.200. The second-order valence-electron chi connectivity index (χ2n) is 5.82. The molecule has 7 nitrogen and oxygen atoms in total. The number of thiophene rings is 1. The van der Waals surface area contributed by atoms with Crippen molar-refractivity contribution in [2.24, 2.45) is 5.73 Å². The van der Waals surface area contributed by atoms with Gasteiger partial charge in [-0.1, -0.05) is 40.0 Å². The number of fused-ring (bicyclic) bond motifs is 1. The first-order chi connectivity index (χ1) is 12.3. The van der Waals surface area contributed by atoms with Gasteiger partial charge in [0.15, 0.2) is 5.69 Å². The van der Waals surface area contributed by atoms with E-state index in [1.54, 1.807) is 17.0 Å². The molecule has 3 heterocycles. The Kier molecular flexibility index (Phi) is 4.31. The summed E-state index contributed by atoms with van der Waals surface area (Å²) >= 11 is 19.9. The average molecular weight is 431 g/mol. The molecule has 1 aliphatic rings. The minimum absolute atomic E-state index is 0.0641. The molecule has 2 amide bonds. The zero-order valence-electron chi connectivity index (χ0n) is 12.9. The van der Waals surface area contributed by atoms with Crippen LogP contribution in [0.1, 0.15) is 26.2 Å². The van der Waals surface area contributed by atoms with E-state index in [4.69, 9.17) is 40.5 Å². The van der Waals surface area contributed by atoms with Crippen molar-refractivity contribution in [2.75, 3.05) is 13.1 Å². The van der Waals surface area contributed by atoms with Gasteiger partial charge in [0, 0.05) is 28.2 Å². The lowest BCUT2D eigenvalue weighted by atomic mass is 10.1. The predicted octanol–water partition coefficient (Wildman–Crippen LogP) is 3.25. The molecule has 0 aliphatic carbocycles. The standard InChI is InChI=1S/C15H10Cl3N5O2S/c16-6-1-8(17)11-10(2-6)26-13(12(11)18)15(25)22-3-7(4-22)23-5-9(14(19)24)20-21-23/h1-2,5,7H,3-4H2,(H2,19,24). The van der Waals surface area contributed by atoms with E-state index in [0.717, 1.165) is 4.70 Å². The number of primary amides is 1. The number of carbonyl (C=O) groups is 2. The molecule has 1 saturated heterocycles. The maximum atomic E-state index is 12.8. The van der Waals surface area contributed by atoms with E-state index in [9.17, 15) is 9.59 Å². The lowest BCUT2D eigenvalue weighted by Crippen LogP contribution is -2.50. The van der Waals surface area contributed by atoms with Gasteiger partial charge in [-0.25, -0.2) is 4.68 Å². The number of halogens is 3. The van der Waals surface area contributed by atoms with Crippen LogP contribution in [0.4, 0.5) is 0 Å². The Morgan fingerprint density at radius 1 is 1.23 bits per heavy atom. The van der Waals surface area contributed by atoms with Crippen LogP contribution in [0.3, 0.4) is 0 Å². The molecule has 3 aromatic rings. The van der Waals surface area contributed by atoms with Crippen LogP contribution in [-0.4, -0.2) is 44.8 Å². The van der Waals surface area contributed by atoms with Crippen LogP contribution in [0.15, 0.2) is 18.3 Å². The van der Waals surface area contributed by atoms with E-state index in [1.807, 2.05) is 0 Å². The largest absolute Gasteiger partial charge is 0.364 e. The first-order valence-corrected chi connectivity index (χ1v) is 9.38. The van der Waals surface area contributed by atoms with Crippen molar-refractivity contribution in [2.45, 2.75) is 6.04 Å². The molecule has 2 N–H and O–H groups in total. The molecule has 11 heteroatoms. The number of aromatic nitrogens is 3. The molecule has 2 aromatic heterocycles. The van der Waals surface area contributed by atoms with Crippen molar-refractivity contribution in [3.63, 3.8) is 0 Å². The van der Waals surface area contributed by atoms with Crippen LogP contribution in [0, 0.1) is 0 Å². The fourth-order valence-corrected chi connectivity index (χ4v) is 5.09. The summed E-state index contributed by atoms with van der Waals surface area (Å²) in [6.07, 6.45) is 1.48. The van der Waals surface area contributed by atoms with Crippen LogP contribution in [0.5, 0.6) is 0 Å². The van der Waals surface area contributed by atoms with Crippen molar-refractivity contribution >= 4 is 68.0 Å². The number of amides is 2. The third kappa shape index (κ3) is 2.83. The molecule has 0 radical (unpaired) electrons. The highest BCUT2D eigenvalue weighted by molar-refractivity contribution is 7.21. The van der Waals surface area contributed by atoms with Crippen LogP contribution >= 0.6 is 46.1 Å². The number of hydrogen-bond acceptors (Lipinski definition) is 5. The molecule has 0 bridgehead atoms. The van der Waals surface area contributed by atoms with Gasteiger partial charge in [0.2, 0.25) is 0 Å². The highest BCUT2D eigenvalue weighted by Gasteiger charge is 2.35. The highest BCUT2D eigenvalue weighted by Crippen LogP contribution is 2.42. The van der Waals surface area contributed by atoms with Crippen LogP contribution in [-0.2, 0) is 0 Å². The first kappa shape index (κ1) is 17.5. The molecule has 26 heavy (non-hydrogen) atoms. The van der Waals surface area contributed by atoms with Gasteiger partial charge in [-0.2, -0.15) is 0 Å². The molecule has 0 atom stereocenters. The average Bonchev–Trinajstić information content (AvgIpc) is 3.11. The smallest absolute Gasteiger partial charge is 0.270 e. The number of nitrogens with two attached hydrogens (primary N) is 1. The zero-order chi connectivity index (χ0) is 18.6. The molecule has 0 unspecified atom stereocenters. The van der Waals surface area contributed by atoms with Crippen LogP contribution < -0.4 is 5.73 Å². The minimum Gasteiger partial charge on any atom is -0.364 e. The SMILES string of the molecule is NC(=O)c1cn(C2CN(C(=O)c3sc4cc(Cl)cc(Cl)c4c3Cl)C2)nn1. The van der Waals surface area contributed by atoms with Gasteiger partial charge in [0.1, 0.15) is 4.88 Å². The Morgan fingerprint density at radius 3 is 2.62 bits per heavy atom.